The van der Waals surface area contributed by atoms with E-state index in [1.54, 1.807) is 0 Å². The minimum Gasteiger partial charge on any atom is -0.497 e. The number of amides is 1. The van der Waals surface area contributed by atoms with Crippen molar-refractivity contribution in [2.24, 2.45) is 11.8 Å². The zero-order valence-corrected chi connectivity index (χ0v) is 21.9. The van der Waals surface area contributed by atoms with Crippen molar-refractivity contribution in [2.45, 2.75) is 105 Å². The van der Waals surface area contributed by atoms with Gasteiger partial charge < -0.3 is 9.64 Å². The average molecular weight is 452 g/mol. The van der Waals surface area contributed by atoms with Crippen LogP contribution in [-0.4, -0.2) is 36.3 Å². The van der Waals surface area contributed by atoms with E-state index in [-0.39, 0.29) is 0 Å². The van der Waals surface area contributed by atoms with Crippen LogP contribution in [0.1, 0.15) is 105 Å². The number of carbonyl (C=O) groups excluding carboxylic acids is 1. The predicted molar refractivity (Wildman–Crippen MR) is 137 cm³/mol. The molecule has 0 N–H and O–H groups in total. The molecule has 0 bridgehead atoms. The highest BCUT2D eigenvalue weighted by Gasteiger charge is 2.25. The van der Waals surface area contributed by atoms with Crippen LogP contribution in [0.2, 0.25) is 0 Å². The Morgan fingerprint density at radius 3 is 2.55 bits per heavy atom. The predicted octanol–water partition coefficient (Wildman–Crippen LogP) is 7.97. The van der Waals surface area contributed by atoms with Crippen LogP contribution in [0.15, 0.2) is 22.8 Å². The molecule has 2 unspecified atom stereocenters. The number of hydrogen-bond donors (Lipinski definition) is 0. The van der Waals surface area contributed by atoms with Gasteiger partial charge in [0.05, 0.1) is 6.61 Å². The van der Waals surface area contributed by atoms with Gasteiger partial charge in [-0.3, -0.25) is 4.79 Å². The van der Waals surface area contributed by atoms with Crippen LogP contribution in [0.5, 0.6) is 0 Å². The van der Waals surface area contributed by atoms with Crippen LogP contribution in [0, 0.1) is 11.8 Å². The molecule has 4 heteroatoms. The van der Waals surface area contributed by atoms with Crippen molar-refractivity contribution in [3.63, 3.8) is 0 Å². The average Bonchev–Trinajstić information content (AvgIpc) is 3.15. The van der Waals surface area contributed by atoms with Gasteiger partial charge in [0, 0.05) is 36.8 Å². The molecule has 0 saturated heterocycles. The molecule has 0 aliphatic heterocycles. The van der Waals surface area contributed by atoms with Gasteiger partial charge >= 0.3 is 0 Å². The van der Waals surface area contributed by atoms with Gasteiger partial charge in [0.15, 0.2) is 0 Å². The fourth-order valence-electron chi connectivity index (χ4n) is 4.10. The van der Waals surface area contributed by atoms with Crippen molar-refractivity contribution >= 4 is 17.7 Å². The molecule has 2 atom stereocenters. The molecule has 0 aromatic rings. The molecule has 3 nitrogen and oxygen atoms in total. The molecule has 0 radical (unpaired) electrons. The summed E-state index contributed by atoms with van der Waals surface area (Å²) in [5, 5.41) is 0. The number of hydrogen-bond acceptors (Lipinski definition) is 3. The summed E-state index contributed by atoms with van der Waals surface area (Å²) in [6.07, 6.45) is 17.5. The summed E-state index contributed by atoms with van der Waals surface area (Å²) in [6.45, 7) is 13.4. The molecule has 1 amide bonds. The third kappa shape index (κ3) is 11.5. The number of carbonyl (C=O) groups is 1. The van der Waals surface area contributed by atoms with Gasteiger partial charge in [0.25, 0.3) is 0 Å². The van der Waals surface area contributed by atoms with E-state index in [9.17, 15) is 4.79 Å². The smallest absolute Gasteiger partial charge is 0.222 e. The van der Waals surface area contributed by atoms with Crippen molar-refractivity contribution in [1.29, 1.82) is 0 Å². The summed E-state index contributed by atoms with van der Waals surface area (Å²) in [7, 11) is 0. The van der Waals surface area contributed by atoms with Crippen LogP contribution in [0.3, 0.4) is 0 Å². The van der Waals surface area contributed by atoms with Crippen molar-refractivity contribution in [3.05, 3.63) is 22.8 Å². The molecule has 31 heavy (non-hydrogen) atoms. The maximum absolute atomic E-state index is 12.1. The summed E-state index contributed by atoms with van der Waals surface area (Å²) in [6, 6.07) is 0. The molecular formula is C27H49NO2S. The molecule has 0 aromatic heterocycles. The molecular weight excluding hydrogens is 402 g/mol. The van der Waals surface area contributed by atoms with E-state index in [1.807, 2.05) is 16.7 Å². The second kappa shape index (κ2) is 17.6. The summed E-state index contributed by atoms with van der Waals surface area (Å²) in [5.74, 6) is 3.89. The Labute approximate surface area is 197 Å². The Kier molecular flexibility index (Phi) is 16.0. The topological polar surface area (TPSA) is 29.5 Å². The van der Waals surface area contributed by atoms with Gasteiger partial charge in [-0.25, -0.2) is 0 Å². The van der Waals surface area contributed by atoms with E-state index in [0.717, 1.165) is 51.1 Å². The zero-order valence-electron chi connectivity index (χ0n) is 21.1. The van der Waals surface area contributed by atoms with Crippen LogP contribution in [-0.2, 0) is 9.53 Å². The standard InChI is InChI=1S/C27H49NO2S/c1-6-10-12-15-23(5)17-18-24-19-20-25(30-21-7-2)27(24)31-22-14-11-13-16-26(29)28(8-3)9-4/h17-18,23-24H,6-16,19-22H2,1-5H3/b18-17+. The monoisotopic (exact) mass is 451 g/mol. The van der Waals surface area contributed by atoms with E-state index in [2.05, 4.69) is 46.8 Å². The number of nitrogens with zero attached hydrogens (tertiary/aromatic N) is 1. The van der Waals surface area contributed by atoms with Crippen LogP contribution >= 0.6 is 11.8 Å². The van der Waals surface area contributed by atoms with E-state index < -0.39 is 0 Å². The molecule has 0 heterocycles. The Morgan fingerprint density at radius 2 is 1.87 bits per heavy atom. The quantitative estimate of drug-likeness (QED) is 0.156. The third-order valence-electron chi connectivity index (χ3n) is 6.12. The Bertz CT molecular complexity index is 539. The first-order valence-electron chi connectivity index (χ1n) is 13.0. The first-order chi connectivity index (χ1) is 15.1. The SMILES string of the molecule is CCCCCC(C)/C=C/C1CCC(OCCC)=C1SCCCCCC(=O)N(CC)CC. The third-order valence-corrected chi connectivity index (χ3v) is 7.45. The summed E-state index contributed by atoms with van der Waals surface area (Å²) < 4.78 is 6.12. The fourth-order valence-corrected chi connectivity index (χ4v) is 5.40. The number of rotatable bonds is 18. The lowest BCUT2D eigenvalue weighted by molar-refractivity contribution is -0.130. The van der Waals surface area contributed by atoms with E-state index in [0.29, 0.717) is 24.2 Å². The van der Waals surface area contributed by atoms with Crippen LogP contribution in [0.4, 0.5) is 0 Å². The van der Waals surface area contributed by atoms with Crippen LogP contribution < -0.4 is 0 Å². The molecule has 1 aliphatic rings. The molecule has 0 aromatic carbocycles. The van der Waals surface area contributed by atoms with Gasteiger partial charge in [0.1, 0.15) is 5.76 Å². The molecule has 180 valence electrons. The summed E-state index contributed by atoms with van der Waals surface area (Å²) >= 11 is 2.01. The number of ether oxygens (including phenoxy) is 1. The summed E-state index contributed by atoms with van der Waals surface area (Å²) in [4.78, 5) is 15.5. The van der Waals surface area contributed by atoms with Gasteiger partial charge in [-0.1, -0.05) is 58.6 Å². The molecule has 1 rings (SSSR count). The molecule has 0 spiro atoms. The number of allylic oxidation sites excluding steroid dienone is 4. The van der Waals surface area contributed by atoms with Gasteiger partial charge in [-0.2, -0.15) is 0 Å². The lowest BCUT2D eigenvalue weighted by Crippen LogP contribution is -2.30. The van der Waals surface area contributed by atoms with Gasteiger partial charge in [-0.05, 0) is 57.6 Å². The lowest BCUT2D eigenvalue weighted by Gasteiger charge is -2.18. The van der Waals surface area contributed by atoms with Gasteiger partial charge in [-0.15, -0.1) is 11.8 Å². The van der Waals surface area contributed by atoms with Crippen LogP contribution in [0.25, 0.3) is 0 Å². The maximum Gasteiger partial charge on any atom is 0.222 e. The number of thioether (sulfide) groups is 1. The molecule has 1 aliphatic carbocycles. The molecule has 0 fully saturated rings. The Balaban J connectivity index is 2.47. The number of unbranched alkanes of at least 4 members (excludes halogenated alkanes) is 4. The second-order valence-electron chi connectivity index (χ2n) is 8.86. The van der Waals surface area contributed by atoms with E-state index in [1.165, 1.54) is 49.2 Å². The Morgan fingerprint density at radius 1 is 1.10 bits per heavy atom. The minimum absolute atomic E-state index is 0.310. The van der Waals surface area contributed by atoms with Crippen molar-refractivity contribution in [1.82, 2.24) is 4.90 Å². The fraction of sp³-hybridized carbons (Fsp3) is 0.815. The first-order valence-corrected chi connectivity index (χ1v) is 14.0. The first kappa shape index (κ1) is 28.1. The largest absolute Gasteiger partial charge is 0.497 e. The van der Waals surface area contributed by atoms with Crippen molar-refractivity contribution < 1.29 is 9.53 Å². The highest BCUT2D eigenvalue weighted by molar-refractivity contribution is 8.03. The normalized spacial score (nSPS) is 17.5. The Hall–Kier alpha value is -0.900. The van der Waals surface area contributed by atoms with Crippen molar-refractivity contribution in [3.8, 4) is 0 Å². The highest BCUT2D eigenvalue weighted by atomic mass is 32.2. The lowest BCUT2D eigenvalue weighted by atomic mass is 10.00. The van der Waals surface area contributed by atoms with Crippen molar-refractivity contribution in [2.75, 3.05) is 25.4 Å². The second-order valence-corrected chi connectivity index (χ2v) is 10.0. The highest BCUT2D eigenvalue weighted by Crippen LogP contribution is 2.41. The summed E-state index contributed by atoms with van der Waals surface area (Å²) in [5.41, 5.74) is 0. The molecule has 0 saturated carbocycles. The minimum atomic E-state index is 0.310. The van der Waals surface area contributed by atoms with E-state index in [4.69, 9.17) is 4.74 Å². The van der Waals surface area contributed by atoms with E-state index >= 15 is 0 Å². The maximum atomic E-state index is 12.1. The van der Waals surface area contributed by atoms with Gasteiger partial charge in [0.2, 0.25) is 5.91 Å². The zero-order chi connectivity index (χ0) is 22.9.